The lowest BCUT2D eigenvalue weighted by atomic mass is 10.2. The molecule has 0 atom stereocenters. The number of hydrogen-bond donors (Lipinski definition) is 0. The number of nitrogens with zero attached hydrogens (tertiary/aromatic N) is 1. The summed E-state index contributed by atoms with van der Waals surface area (Å²) < 4.78 is 0.528. The predicted octanol–water partition coefficient (Wildman–Crippen LogP) is -0.344. The van der Waals surface area contributed by atoms with Gasteiger partial charge in [0, 0.05) is 0 Å². The molecule has 0 aromatic carbocycles. The van der Waals surface area contributed by atoms with Gasteiger partial charge in [-0.1, -0.05) is 6.08 Å². The fourth-order valence-electron chi connectivity index (χ4n) is 1.33. The third-order valence-corrected chi connectivity index (χ3v) is 1.85. The Morgan fingerprint density at radius 3 is 2.33 bits per heavy atom. The summed E-state index contributed by atoms with van der Waals surface area (Å²) in [6, 6.07) is 0. The van der Waals surface area contributed by atoms with Gasteiger partial charge in [0.05, 0.1) is 32.7 Å². The first-order chi connectivity index (χ1) is 5.43. The van der Waals surface area contributed by atoms with Crippen LogP contribution in [-0.4, -0.2) is 31.6 Å². The molecule has 66 valence electrons. The number of rotatable bonds is 2. The van der Waals surface area contributed by atoms with Crippen LogP contribution in [-0.2, 0) is 4.79 Å². The fourth-order valence-corrected chi connectivity index (χ4v) is 1.33. The highest BCUT2D eigenvalue weighted by Crippen LogP contribution is 2.24. The van der Waals surface area contributed by atoms with E-state index >= 15 is 0 Å². The summed E-state index contributed by atoms with van der Waals surface area (Å²) in [5, 5.41) is 10.6. The molecule has 0 bridgehead atoms. The molecular formula is C9H13NO2. The molecule has 3 heteroatoms. The molecule has 1 rings (SSSR count). The molecule has 0 aromatic rings. The summed E-state index contributed by atoms with van der Waals surface area (Å²) in [4.78, 5) is 10.6. The van der Waals surface area contributed by atoms with Crippen LogP contribution in [0, 0.1) is 0 Å². The molecule has 1 aliphatic rings. The lowest BCUT2D eigenvalue weighted by Gasteiger charge is -2.26. The van der Waals surface area contributed by atoms with E-state index in [0.29, 0.717) is 16.5 Å². The average Bonchev–Trinajstić information content (AvgIpc) is 2.30. The monoisotopic (exact) mass is 167 g/mol. The standard InChI is InChI=1S/C9H13NO2/c1-10(2,3)8-6-4-5-7(8)9(11)12/h5-6H,4H2,1-3H3. The van der Waals surface area contributed by atoms with E-state index in [4.69, 9.17) is 0 Å². The summed E-state index contributed by atoms with van der Waals surface area (Å²) in [6.07, 6.45) is 4.31. The van der Waals surface area contributed by atoms with Crippen LogP contribution in [0.5, 0.6) is 0 Å². The maximum Gasteiger partial charge on any atom is 0.137 e. The van der Waals surface area contributed by atoms with Crippen LogP contribution in [0.15, 0.2) is 23.4 Å². The second kappa shape index (κ2) is 2.75. The van der Waals surface area contributed by atoms with E-state index < -0.39 is 5.97 Å². The van der Waals surface area contributed by atoms with Gasteiger partial charge in [-0.3, -0.25) is 4.48 Å². The number of quaternary nitrogens is 1. The van der Waals surface area contributed by atoms with E-state index in [0.717, 1.165) is 5.70 Å². The maximum atomic E-state index is 10.6. The van der Waals surface area contributed by atoms with Crippen LogP contribution in [0.3, 0.4) is 0 Å². The van der Waals surface area contributed by atoms with Crippen molar-refractivity contribution >= 4 is 5.97 Å². The third-order valence-electron chi connectivity index (χ3n) is 1.85. The number of carboxylic acids is 1. The quantitative estimate of drug-likeness (QED) is 0.528. The van der Waals surface area contributed by atoms with Gasteiger partial charge in [-0.05, 0) is 12.5 Å². The van der Waals surface area contributed by atoms with Crippen molar-refractivity contribution in [1.29, 1.82) is 0 Å². The molecule has 0 aromatic heterocycles. The molecule has 0 amide bonds. The molecule has 0 unspecified atom stereocenters. The Bertz CT molecular complexity index is 269. The second-order valence-corrected chi connectivity index (χ2v) is 3.74. The molecule has 3 nitrogen and oxygen atoms in total. The molecular weight excluding hydrogens is 154 g/mol. The van der Waals surface area contributed by atoms with Crippen LogP contribution in [0.25, 0.3) is 0 Å². The number of hydrogen-bond acceptors (Lipinski definition) is 2. The molecule has 1 aliphatic carbocycles. The maximum absolute atomic E-state index is 10.6. The minimum absolute atomic E-state index is 0.336. The fraction of sp³-hybridized carbons (Fsp3) is 0.444. The van der Waals surface area contributed by atoms with Crippen LogP contribution in [0.1, 0.15) is 6.42 Å². The largest absolute Gasteiger partial charge is 0.545 e. The Labute approximate surface area is 72.2 Å². The van der Waals surface area contributed by atoms with E-state index in [-0.39, 0.29) is 0 Å². The Hall–Kier alpha value is -1.09. The van der Waals surface area contributed by atoms with Gasteiger partial charge in [-0.25, -0.2) is 0 Å². The van der Waals surface area contributed by atoms with E-state index in [9.17, 15) is 9.90 Å². The van der Waals surface area contributed by atoms with Gasteiger partial charge < -0.3 is 9.90 Å². The van der Waals surface area contributed by atoms with Crippen LogP contribution >= 0.6 is 0 Å². The molecule has 12 heavy (non-hydrogen) atoms. The van der Waals surface area contributed by atoms with E-state index in [1.807, 2.05) is 27.2 Å². The molecule has 0 saturated heterocycles. The first kappa shape index (κ1) is 9.00. The number of carbonyl (C=O) groups excluding carboxylic acids is 1. The van der Waals surface area contributed by atoms with Crippen molar-refractivity contribution in [2.24, 2.45) is 0 Å². The molecule has 0 aliphatic heterocycles. The number of aliphatic carboxylic acids is 1. The van der Waals surface area contributed by atoms with Crippen molar-refractivity contribution < 1.29 is 14.4 Å². The Kier molecular flexibility index (Phi) is 2.06. The lowest BCUT2D eigenvalue weighted by Crippen LogP contribution is -2.37. The van der Waals surface area contributed by atoms with E-state index in [1.165, 1.54) is 0 Å². The normalized spacial score (nSPS) is 17.2. The Morgan fingerprint density at radius 1 is 1.42 bits per heavy atom. The van der Waals surface area contributed by atoms with Gasteiger partial charge >= 0.3 is 0 Å². The summed E-state index contributed by atoms with van der Waals surface area (Å²) >= 11 is 0. The van der Waals surface area contributed by atoms with Crippen molar-refractivity contribution in [2.75, 3.05) is 21.1 Å². The number of carboxylic acid groups (broad SMARTS) is 1. The number of allylic oxidation sites excluding steroid dienone is 2. The minimum Gasteiger partial charge on any atom is -0.545 e. The van der Waals surface area contributed by atoms with Gasteiger partial charge in [0.25, 0.3) is 0 Å². The third kappa shape index (κ3) is 1.56. The summed E-state index contributed by atoms with van der Waals surface area (Å²) in [5.74, 6) is -1.08. The van der Waals surface area contributed by atoms with Crippen molar-refractivity contribution in [3.05, 3.63) is 23.4 Å². The van der Waals surface area contributed by atoms with Gasteiger partial charge in [0.2, 0.25) is 0 Å². The van der Waals surface area contributed by atoms with Gasteiger partial charge in [-0.2, -0.15) is 0 Å². The van der Waals surface area contributed by atoms with E-state index in [1.54, 1.807) is 6.08 Å². The first-order valence-corrected chi connectivity index (χ1v) is 3.87. The smallest absolute Gasteiger partial charge is 0.137 e. The van der Waals surface area contributed by atoms with Crippen molar-refractivity contribution in [3.8, 4) is 0 Å². The highest BCUT2D eigenvalue weighted by atomic mass is 16.4. The molecule has 0 fully saturated rings. The van der Waals surface area contributed by atoms with Gasteiger partial charge in [-0.15, -0.1) is 0 Å². The lowest BCUT2D eigenvalue weighted by molar-refractivity contribution is -0.828. The zero-order chi connectivity index (χ0) is 9.35. The second-order valence-electron chi connectivity index (χ2n) is 3.74. The van der Waals surface area contributed by atoms with Crippen LogP contribution in [0.2, 0.25) is 0 Å². The SMILES string of the molecule is C[N+](C)(C)C1=CCC=C1C(=O)[O-]. The Balaban J connectivity index is 2.96. The number of carbonyl (C=O) groups is 1. The summed E-state index contributed by atoms with van der Waals surface area (Å²) in [6.45, 7) is 0. The zero-order valence-corrected chi connectivity index (χ0v) is 7.63. The Morgan fingerprint density at radius 2 is 2.00 bits per heavy atom. The highest BCUT2D eigenvalue weighted by molar-refractivity contribution is 5.90. The molecule has 0 radical (unpaired) electrons. The van der Waals surface area contributed by atoms with Crippen molar-refractivity contribution in [3.63, 3.8) is 0 Å². The van der Waals surface area contributed by atoms with Gasteiger partial charge in [0.15, 0.2) is 0 Å². The topological polar surface area (TPSA) is 40.1 Å². The van der Waals surface area contributed by atoms with Crippen molar-refractivity contribution in [1.82, 2.24) is 0 Å². The van der Waals surface area contributed by atoms with E-state index in [2.05, 4.69) is 0 Å². The zero-order valence-electron chi connectivity index (χ0n) is 7.63. The van der Waals surface area contributed by atoms with Crippen LogP contribution < -0.4 is 5.11 Å². The molecule has 0 saturated carbocycles. The summed E-state index contributed by atoms with van der Waals surface area (Å²) in [5.41, 5.74) is 1.16. The van der Waals surface area contributed by atoms with Gasteiger partial charge in [0.1, 0.15) is 5.70 Å². The molecule has 0 N–H and O–H groups in total. The number of likely N-dealkylation sites (N-methyl/N-ethyl adjacent to an activating group) is 1. The highest BCUT2D eigenvalue weighted by Gasteiger charge is 2.23. The average molecular weight is 167 g/mol. The van der Waals surface area contributed by atoms with Crippen LogP contribution in [0.4, 0.5) is 0 Å². The minimum atomic E-state index is -1.08. The summed E-state index contributed by atoms with van der Waals surface area (Å²) in [7, 11) is 5.82. The predicted molar refractivity (Wildman–Crippen MR) is 43.8 cm³/mol. The van der Waals surface area contributed by atoms with Crippen molar-refractivity contribution in [2.45, 2.75) is 6.42 Å². The molecule has 0 heterocycles. The first-order valence-electron chi connectivity index (χ1n) is 3.87. The molecule has 0 spiro atoms.